The number of aromatic nitrogens is 2. The lowest BCUT2D eigenvalue weighted by atomic mass is 9.95. The van der Waals surface area contributed by atoms with Crippen LogP contribution in [0.3, 0.4) is 0 Å². The molecular formula is C19H26N4O2. The topological polar surface area (TPSA) is 79.2 Å². The third kappa shape index (κ3) is 4.82. The van der Waals surface area contributed by atoms with Crippen molar-refractivity contribution >= 4 is 6.03 Å². The van der Waals surface area contributed by atoms with E-state index in [0.717, 1.165) is 25.7 Å². The van der Waals surface area contributed by atoms with E-state index in [0.29, 0.717) is 11.5 Å². The lowest BCUT2D eigenvalue weighted by Crippen LogP contribution is -2.45. The largest absolute Gasteiger partial charge is 0.386 e. The predicted octanol–water partition coefficient (Wildman–Crippen LogP) is 2.16. The molecule has 2 aromatic rings. The van der Waals surface area contributed by atoms with Gasteiger partial charge in [-0.2, -0.15) is 5.10 Å². The first-order valence-electron chi connectivity index (χ1n) is 8.86. The molecule has 0 bridgehead atoms. The molecule has 3 N–H and O–H groups in total. The first-order chi connectivity index (χ1) is 12.1. The quantitative estimate of drug-likeness (QED) is 0.753. The summed E-state index contributed by atoms with van der Waals surface area (Å²) in [6.45, 7) is 0.174. The molecular weight excluding hydrogens is 316 g/mol. The Bertz CT molecular complexity index is 686. The van der Waals surface area contributed by atoms with E-state index in [1.165, 1.54) is 5.56 Å². The summed E-state index contributed by atoms with van der Waals surface area (Å²) in [5, 5.41) is 20.0. The van der Waals surface area contributed by atoms with E-state index in [1.807, 2.05) is 6.07 Å². The fraction of sp³-hybridized carbons (Fsp3) is 0.474. The molecule has 0 radical (unpaired) electrons. The summed E-state index contributed by atoms with van der Waals surface area (Å²) in [6.07, 6.45) is 6.89. The van der Waals surface area contributed by atoms with Gasteiger partial charge in [-0.25, -0.2) is 4.79 Å². The fourth-order valence-corrected chi connectivity index (χ4v) is 3.53. The van der Waals surface area contributed by atoms with E-state index < -0.39 is 6.10 Å². The van der Waals surface area contributed by atoms with Crippen molar-refractivity contribution in [3.8, 4) is 0 Å². The van der Waals surface area contributed by atoms with Crippen molar-refractivity contribution in [2.45, 2.75) is 37.8 Å². The lowest BCUT2D eigenvalue weighted by Gasteiger charge is -2.22. The van der Waals surface area contributed by atoms with Crippen molar-refractivity contribution in [3.05, 3.63) is 53.9 Å². The van der Waals surface area contributed by atoms with Gasteiger partial charge in [0.05, 0.1) is 12.3 Å². The van der Waals surface area contributed by atoms with Crippen molar-refractivity contribution in [1.82, 2.24) is 20.4 Å². The molecule has 6 heteroatoms. The summed E-state index contributed by atoms with van der Waals surface area (Å²) < 4.78 is 1.63. The molecule has 1 aromatic heterocycles. The first-order valence-corrected chi connectivity index (χ1v) is 8.86. The smallest absolute Gasteiger partial charge is 0.315 e. The molecule has 1 aliphatic carbocycles. The second-order valence-corrected chi connectivity index (χ2v) is 6.80. The fourth-order valence-electron chi connectivity index (χ4n) is 3.53. The van der Waals surface area contributed by atoms with E-state index in [-0.39, 0.29) is 18.6 Å². The van der Waals surface area contributed by atoms with E-state index in [1.54, 1.807) is 24.1 Å². The Kier molecular flexibility index (Phi) is 5.71. The summed E-state index contributed by atoms with van der Waals surface area (Å²) >= 11 is 0. The summed E-state index contributed by atoms with van der Waals surface area (Å²) in [4.78, 5) is 12.2. The minimum absolute atomic E-state index is 0.174. The molecule has 0 spiro atoms. The highest BCUT2D eigenvalue weighted by molar-refractivity contribution is 5.74. The summed E-state index contributed by atoms with van der Waals surface area (Å²) in [5.41, 5.74) is 2.01. The van der Waals surface area contributed by atoms with Gasteiger partial charge in [0.25, 0.3) is 0 Å². The SMILES string of the molecule is Cn1cc([C@H](O)CNC(=O)N[C@@H]2CCC[C@@H]2Cc2ccccc2)cn1. The standard InChI is InChI=1S/C19H26N4O2/c1-23-13-16(11-21-23)18(24)12-20-19(25)22-17-9-5-8-15(17)10-14-6-3-2-4-7-14/h2-4,6-7,11,13,15,17-18,24H,5,8-10,12H2,1H3,(H2,20,22,25)/t15-,17-,18-/m1/s1. The Labute approximate surface area is 148 Å². The molecule has 0 aliphatic heterocycles. The van der Waals surface area contributed by atoms with Crippen LogP contribution in [0.5, 0.6) is 0 Å². The molecule has 134 valence electrons. The van der Waals surface area contributed by atoms with Crippen molar-refractivity contribution in [2.75, 3.05) is 6.54 Å². The van der Waals surface area contributed by atoms with E-state index in [2.05, 4.69) is 40.0 Å². The van der Waals surface area contributed by atoms with Crippen LogP contribution in [0.25, 0.3) is 0 Å². The monoisotopic (exact) mass is 342 g/mol. The molecule has 2 amide bonds. The molecule has 1 aromatic carbocycles. The normalized spacial score (nSPS) is 21.0. The number of rotatable bonds is 6. The zero-order valence-electron chi connectivity index (χ0n) is 14.6. The van der Waals surface area contributed by atoms with Crippen molar-refractivity contribution in [3.63, 3.8) is 0 Å². The maximum Gasteiger partial charge on any atom is 0.315 e. The number of nitrogens with zero attached hydrogens (tertiary/aromatic N) is 2. The number of aliphatic hydroxyl groups excluding tert-OH is 1. The van der Waals surface area contributed by atoms with Crippen LogP contribution in [0.15, 0.2) is 42.7 Å². The van der Waals surface area contributed by atoms with Gasteiger partial charge in [-0.15, -0.1) is 0 Å². The molecule has 1 aliphatic rings. The molecule has 0 unspecified atom stereocenters. The third-order valence-electron chi connectivity index (χ3n) is 4.88. The van der Waals surface area contributed by atoms with E-state index >= 15 is 0 Å². The molecule has 3 atom stereocenters. The Balaban J connectivity index is 1.46. The number of nitrogens with one attached hydrogen (secondary N) is 2. The molecule has 25 heavy (non-hydrogen) atoms. The van der Waals surface area contributed by atoms with Crippen LogP contribution < -0.4 is 10.6 Å². The molecule has 0 saturated heterocycles. The van der Waals surface area contributed by atoms with Gasteiger partial charge in [-0.05, 0) is 30.7 Å². The van der Waals surface area contributed by atoms with Crippen LogP contribution in [0, 0.1) is 5.92 Å². The predicted molar refractivity (Wildman–Crippen MR) is 96.0 cm³/mol. The van der Waals surface area contributed by atoms with Gasteiger partial charge in [0.15, 0.2) is 0 Å². The maximum atomic E-state index is 12.2. The number of aliphatic hydroxyl groups is 1. The average molecular weight is 342 g/mol. The van der Waals surface area contributed by atoms with Gasteiger partial charge in [0.2, 0.25) is 0 Å². The Morgan fingerprint density at radius 2 is 2.16 bits per heavy atom. The number of benzene rings is 1. The van der Waals surface area contributed by atoms with Crippen molar-refractivity contribution in [1.29, 1.82) is 0 Å². The van der Waals surface area contributed by atoms with Crippen LogP contribution in [0.1, 0.15) is 36.5 Å². The zero-order chi connectivity index (χ0) is 17.6. The number of hydrogen-bond donors (Lipinski definition) is 3. The molecule has 1 fully saturated rings. The summed E-state index contributed by atoms with van der Waals surface area (Å²) in [5.74, 6) is 0.469. The Morgan fingerprint density at radius 1 is 1.36 bits per heavy atom. The highest BCUT2D eigenvalue weighted by Crippen LogP contribution is 2.28. The summed E-state index contributed by atoms with van der Waals surface area (Å²) in [7, 11) is 1.79. The highest BCUT2D eigenvalue weighted by Gasteiger charge is 2.28. The molecule has 1 heterocycles. The highest BCUT2D eigenvalue weighted by atomic mass is 16.3. The molecule has 3 rings (SSSR count). The number of carbonyl (C=O) groups excluding carboxylic acids is 1. The van der Waals surface area contributed by atoms with E-state index in [9.17, 15) is 9.90 Å². The van der Waals surface area contributed by atoms with Crippen LogP contribution in [-0.4, -0.2) is 33.5 Å². The minimum atomic E-state index is -0.747. The number of carbonyl (C=O) groups is 1. The van der Waals surface area contributed by atoms with Gasteiger partial charge in [0.1, 0.15) is 0 Å². The van der Waals surface area contributed by atoms with Crippen LogP contribution in [0.4, 0.5) is 4.79 Å². The van der Waals surface area contributed by atoms with Gasteiger partial charge >= 0.3 is 6.03 Å². The minimum Gasteiger partial charge on any atom is -0.386 e. The number of amides is 2. The zero-order valence-corrected chi connectivity index (χ0v) is 14.6. The lowest BCUT2D eigenvalue weighted by molar-refractivity contribution is 0.172. The number of aryl methyl sites for hydroxylation is 1. The van der Waals surface area contributed by atoms with Crippen molar-refractivity contribution in [2.24, 2.45) is 13.0 Å². The Morgan fingerprint density at radius 3 is 2.88 bits per heavy atom. The van der Waals surface area contributed by atoms with Gasteiger partial charge in [0, 0.05) is 31.4 Å². The first kappa shape index (κ1) is 17.5. The average Bonchev–Trinajstić information content (AvgIpc) is 3.23. The van der Waals surface area contributed by atoms with Gasteiger partial charge < -0.3 is 15.7 Å². The Hall–Kier alpha value is -2.34. The van der Waals surface area contributed by atoms with Gasteiger partial charge in [-0.3, -0.25) is 4.68 Å². The number of hydrogen-bond acceptors (Lipinski definition) is 3. The van der Waals surface area contributed by atoms with Crippen LogP contribution in [0.2, 0.25) is 0 Å². The van der Waals surface area contributed by atoms with Gasteiger partial charge in [-0.1, -0.05) is 36.8 Å². The van der Waals surface area contributed by atoms with Crippen LogP contribution >= 0.6 is 0 Å². The molecule has 1 saturated carbocycles. The second-order valence-electron chi connectivity index (χ2n) is 6.80. The van der Waals surface area contributed by atoms with Crippen LogP contribution in [-0.2, 0) is 13.5 Å². The summed E-state index contributed by atoms with van der Waals surface area (Å²) in [6, 6.07) is 10.4. The van der Waals surface area contributed by atoms with Crippen molar-refractivity contribution < 1.29 is 9.90 Å². The molecule has 6 nitrogen and oxygen atoms in total. The third-order valence-corrected chi connectivity index (χ3v) is 4.88. The second kappa shape index (κ2) is 8.16. The van der Waals surface area contributed by atoms with E-state index in [4.69, 9.17) is 0 Å². The number of urea groups is 1. The maximum absolute atomic E-state index is 12.2.